The molecule has 246 valence electrons. The maximum Gasteiger partial charge on any atom is 0.272 e. The van der Waals surface area contributed by atoms with Gasteiger partial charge in [-0.1, -0.05) is 25.4 Å². The van der Waals surface area contributed by atoms with E-state index in [-0.39, 0.29) is 17.9 Å². The zero-order chi connectivity index (χ0) is 32.8. The molecule has 3 N–H and O–H groups in total. The molecule has 1 atom stereocenters. The van der Waals surface area contributed by atoms with Gasteiger partial charge in [0.15, 0.2) is 12.4 Å². The minimum absolute atomic E-state index is 0.0930. The number of ether oxygens (including phenoxy) is 1. The summed E-state index contributed by atoms with van der Waals surface area (Å²) >= 11 is 6.24. The quantitative estimate of drug-likeness (QED) is 0.294. The summed E-state index contributed by atoms with van der Waals surface area (Å²) < 4.78 is 47.2. The van der Waals surface area contributed by atoms with E-state index < -0.39 is 25.0 Å². The van der Waals surface area contributed by atoms with Crippen LogP contribution in [0.3, 0.4) is 0 Å². The van der Waals surface area contributed by atoms with Crippen LogP contribution in [-0.4, -0.2) is 91.7 Å². The van der Waals surface area contributed by atoms with E-state index in [1.54, 1.807) is 10.7 Å². The maximum atomic E-state index is 15.0. The number of rotatable bonds is 6. The van der Waals surface area contributed by atoms with Crippen molar-refractivity contribution in [2.45, 2.75) is 65.7 Å². The van der Waals surface area contributed by atoms with E-state index in [4.69, 9.17) is 22.1 Å². The van der Waals surface area contributed by atoms with Crippen molar-refractivity contribution < 1.29 is 23.0 Å². The van der Waals surface area contributed by atoms with Crippen LogP contribution < -0.4 is 15.4 Å². The smallest absolute Gasteiger partial charge is 0.272 e. The van der Waals surface area contributed by atoms with Gasteiger partial charge in [-0.25, -0.2) is 28.1 Å². The number of halogens is 4. The summed E-state index contributed by atoms with van der Waals surface area (Å²) in [5, 5.41) is 13.7. The first kappa shape index (κ1) is 34.3. The monoisotopic (exact) mass is 651 g/mol. The Labute approximate surface area is 265 Å². The summed E-state index contributed by atoms with van der Waals surface area (Å²) in [5.41, 5.74) is 8.65. The van der Waals surface area contributed by atoms with Gasteiger partial charge in [0, 0.05) is 49.5 Å². The second kappa shape index (κ2) is 15.1. The van der Waals surface area contributed by atoms with Crippen molar-refractivity contribution >= 4 is 34.5 Å². The van der Waals surface area contributed by atoms with E-state index >= 15 is 4.39 Å². The molecule has 3 aromatic heterocycles. The molecule has 1 saturated heterocycles. The Morgan fingerprint density at radius 1 is 1.11 bits per heavy atom. The van der Waals surface area contributed by atoms with Crippen molar-refractivity contribution in [2.24, 2.45) is 0 Å². The van der Waals surface area contributed by atoms with Crippen molar-refractivity contribution in [3.63, 3.8) is 0 Å². The molecule has 1 unspecified atom stereocenters. The first-order valence-corrected chi connectivity index (χ1v) is 15.5. The van der Waals surface area contributed by atoms with E-state index in [0.29, 0.717) is 46.7 Å². The minimum atomic E-state index is -2.49. The lowest BCUT2D eigenvalue weighted by molar-refractivity contribution is 0.0784. The lowest BCUT2D eigenvalue weighted by Crippen LogP contribution is -2.45. The molecular weight excluding hydrogens is 611 g/mol. The summed E-state index contributed by atoms with van der Waals surface area (Å²) in [6, 6.07) is 5.04. The van der Waals surface area contributed by atoms with E-state index in [2.05, 4.69) is 55.3 Å². The van der Waals surface area contributed by atoms with Gasteiger partial charge in [0.2, 0.25) is 17.8 Å². The predicted molar refractivity (Wildman–Crippen MR) is 170 cm³/mol. The zero-order valence-corrected chi connectivity index (χ0v) is 27.0. The number of piperazine rings is 1. The third kappa shape index (κ3) is 8.16. The Morgan fingerprint density at radius 3 is 2.49 bits per heavy atom. The lowest BCUT2D eigenvalue weighted by Gasteiger charge is -2.34. The molecule has 1 aromatic carbocycles. The van der Waals surface area contributed by atoms with Gasteiger partial charge >= 0.3 is 0 Å². The van der Waals surface area contributed by atoms with Crippen molar-refractivity contribution in [3.05, 3.63) is 40.9 Å². The number of aliphatic hydroxyl groups excluding tert-OH is 1. The largest absolute Gasteiger partial charge is 0.471 e. The van der Waals surface area contributed by atoms with Crippen molar-refractivity contribution in [2.75, 3.05) is 50.5 Å². The van der Waals surface area contributed by atoms with Crippen LogP contribution in [0.2, 0.25) is 5.02 Å². The van der Waals surface area contributed by atoms with E-state index in [1.807, 2.05) is 19.9 Å². The van der Waals surface area contributed by atoms with Crippen LogP contribution in [0.15, 0.2) is 24.4 Å². The molecule has 0 aliphatic carbocycles. The van der Waals surface area contributed by atoms with E-state index in [0.717, 1.165) is 37.8 Å². The van der Waals surface area contributed by atoms with Gasteiger partial charge in [-0.05, 0) is 45.9 Å². The molecule has 4 aromatic rings. The first-order valence-electron chi connectivity index (χ1n) is 15.1. The molecule has 0 amide bonds. The fraction of sp³-hybridized carbons (Fsp3) is 0.533. The summed E-state index contributed by atoms with van der Waals surface area (Å²) in [7, 11) is 2.10. The Kier molecular flexibility index (Phi) is 11.5. The average Bonchev–Trinajstić information content (AvgIpc) is 3.60. The molecule has 0 saturated carbocycles. The number of aryl methyl sites for hydroxylation is 1. The zero-order valence-electron chi connectivity index (χ0n) is 26.2. The number of nitrogens with zero attached hydrogens (tertiary/aromatic N) is 8. The highest BCUT2D eigenvalue weighted by Gasteiger charge is 2.25. The highest BCUT2D eigenvalue weighted by atomic mass is 35.5. The number of nitrogen functional groups attached to an aromatic ring is 1. The van der Waals surface area contributed by atoms with E-state index in [1.165, 1.54) is 12.3 Å². The first-order chi connectivity index (χ1) is 21.5. The molecule has 11 nitrogen and oxygen atoms in total. The number of aromatic nitrogens is 6. The van der Waals surface area contributed by atoms with Crippen LogP contribution in [0.4, 0.5) is 25.1 Å². The summed E-state index contributed by atoms with van der Waals surface area (Å²) in [5.74, 6) is 0.688. The number of likely N-dealkylation sites (N-methyl/N-ethyl adjacent to an activating group) is 1. The van der Waals surface area contributed by atoms with Gasteiger partial charge in [-0.2, -0.15) is 0 Å². The summed E-state index contributed by atoms with van der Waals surface area (Å²) in [6.07, 6.45) is -0.0854. The molecule has 0 spiro atoms. The van der Waals surface area contributed by atoms with Crippen LogP contribution in [0.1, 0.15) is 45.9 Å². The number of anilines is 2. The van der Waals surface area contributed by atoms with Crippen molar-refractivity contribution in [1.82, 2.24) is 34.2 Å². The average molecular weight is 652 g/mol. The normalized spacial score (nSPS) is 16.7. The molecule has 2 aliphatic heterocycles. The van der Waals surface area contributed by atoms with Crippen molar-refractivity contribution in [3.8, 4) is 17.1 Å². The fourth-order valence-electron chi connectivity index (χ4n) is 5.21. The molecule has 0 bridgehead atoms. The molecule has 5 heterocycles. The van der Waals surface area contributed by atoms with Gasteiger partial charge in [-0.3, -0.25) is 4.68 Å². The Bertz CT molecular complexity index is 1570. The minimum Gasteiger partial charge on any atom is -0.471 e. The van der Waals surface area contributed by atoms with Crippen LogP contribution >= 0.6 is 11.6 Å². The van der Waals surface area contributed by atoms with Crippen LogP contribution in [-0.2, 0) is 13.0 Å². The van der Waals surface area contributed by atoms with E-state index in [9.17, 15) is 13.9 Å². The third-order valence-corrected chi connectivity index (χ3v) is 7.66. The topological polar surface area (TPSA) is 123 Å². The molecular formula is C30H41ClF3N9O2. The highest BCUT2D eigenvalue weighted by Crippen LogP contribution is 2.34. The Hall–Kier alpha value is -3.62. The fourth-order valence-corrected chi connectivity index (χ4v) is 5.41. The molecule has 45 heavy (non-hydrogen) atoms. The molecule has 0 radical (unpaired) electrons. The van der Waals surface area contributed by atoms with Crippen LogP contribution in [0.5, 0.6) is 5.88 Å². The standard InChI is InChI=1S/C19H23ClFN7.C9H12F2N2O2.C2H6/c1-11(2)28-15-9-12(16-13(20)10-23-18(22)24-16)8-14(21)17(15)25-19(28)27-6-4-26(3)5-7-27;10-8(11)5-15-9-3-6-1-2-7(14)4-13(6)12-9;1-2/h8-11H,4-7H2,1-3H3,(H2,22,23,24);3,7-8,14H,1-2,4-5H2;1-2H3. The highest BCUT2D eigenvalue weighted by molar-refractivity contribution is 6.33. The Balaban J connectivity index is 0.000000228. The summed E-state index contributed by atoms with van der Waals surface area (Å²) in [6.45, 7) is 11.5. The number of benzene rings is 1. The number of alkyl halides is 2. The third-order valence-electron chi connectivity index (χ3n) is 7.38. The maximum absolute atomic E-state index is 15.0. The molecule has 1 fully saturated rings. The van der Waals surface area contributed by atoms with Gasteiger partial charge in [0.1, 0.15) is 5.52 Å². The van der Waals surface area contributed by atoms with Crippen LogP contribution in [0, 0.1) is 5.82 Å². The molecule has 6 rings (SSSR count). The predicted octanol–water partition coefficient (Wildman–Crippen LogP) is 5.06. The summed E-state index contributed by atoms with van der Waals surface area (Å²) in [4.78, 5) is 17.2. The Morgan fingerprint density at radius 2 is 1.82 bits per heavy atom. The number of aliphatic hydroxyl groups is 1. The number of imidazole rings is 1. The number of hydrogen-bond acceptors (Lipinski definition) is 9. The number of nitrogens with two attached hydrogens (primary N) is 1. The van der Waals surface area contributed by atoms with Gasteiger partial charge in [0.05, 0.1) is 35.1 Å². The lowest BCUT2D eigenvalue weighted by atomic mass is 10.1. The molecule has 15 heteroatoms. The van der Waals surface area contributed by atoms with Gasteiger partial charge in [0.25, 0.3) is 6.43 Å². The van der Waals surface area contributed by atoms with Gasteiger partial charge < -0.3 is 29.9 Å². The van der Waals surface area contributed by atoms with Gasteiger partial charge in [-0.15, -0.1) is 5.10 Å². The SMILES string of the molecule is CC.CC(C)n1c(N2CCN(C)CC2)nc2c(F)cc(-c3nc(N)ncc3Cl)cc21.OC1CCc2cc(OCC(F)F)nn2C1. The number of hydrogen-bond donors (Lipinski definition) is 2. The molecule has 2 aliphatic rings. The second-order valence-electron chi connectivity index (χ2n) is 11.0. The number of fused-ring (bicyclic) bond motifs is 2. The van der Waals surface area contributed by atoms with Crippen molar-refractivity contribution in [1.29, 1.82) is 0 Å². The van der Waals surface area contributed by atoms with Crippen LogP contribution in [0.25, 0.3) is 22.3 Å². The second-order valence-corrected chi connectivity index (χ2v) is 11.4.